The molecule has 0 aliphatic heterocycles. The minimum atomic E-state index is -0.286. The van der Waals surface area contributed by atoms with Gasteiger partial charge in [-0.05, 0) is 18.2 Å². The molecule has 0 aliphatic carbocycles. The van der Waals surface area contributed by atoms with Gasteiger partial charge in [0.25, 0.3) is 5.56 Å². The lowest BCUT2D eigenvalue weighted by Crippen LogP contribution is -2.11. The maximum absolute atomic E-state index is 11.0. The van der Waals surface area contributed by atoms with E-state index < -0.39 is 0 Å². The number of rotatable bonds is 3. The van der Waals surface area contributed by atoms with Crippen molar-refractivity contribution in [3.8, 4) is 0 Å². The Morgan fingerprint density at radius 2 is 2.18 bits per heavy atom. The minimum Gasteiger partial charge on any atom is -0.378 e. The smallest absolute Gasteiger partial charge is 0.271 e. The quantitative estimate of drug-likeness (QED) is 0.823. The Kier molecular flexibility index (Phi) is 3.04. The summed E-state index contributed by atoms with van der Waals surface area (Å²) in [6.45, 7) is 0. The van der Waals surface area contributed by atoms with Crippen LogP contribution in [0.4, 0.5) is 17.3 Å². The highest BCUT2D eigenvalue weighted by Gasteiger charge is 2.00. The van der Waals surface area contributed by atoms with Crippen molar-refractivity contribution in [3.05, 3.63) is 40.8 Å². The Labute approximate surface area is 98.3 Å². The van der Waals surface area contributed by atoms with Crippen LogP contribution in [0.15, 0.2) is 35.3 Å². The molecule has 1 heterocycles. The molecule has 6 heteroatoms. The van der Waals surface area contributed by atoms with Gasteiger partial charge in [0.1, 0.15) is 6.20 Å². The summed E-state index contributed by atoms with van der Waals surface area (Å²) in [6, 6.07) is 7.75. The van der Waals surface area contributed by atoms with Crippen LogP contribution < -0.4 is 15.8 Å². The van der Waals surface area contributed by atoms with E-state index in [1.807, 2.05) is 43.3 Å². The van der Waals surface area contributed by atoms with Gasteiger partial charge in [-0.25, -0.2) is 0 Å². The molecule has 0 fully saturated rings. The molecule has 0 atom stereocenters. The average molecular weight is 231 g/mol. The first-order valence-corrected chi connectivity index (χ1v) is 5.11. The summed E-state index contributed by atoms with van der Waals surface area (Å²) in [5.74, 6) is 0.327. The first-order valence-electron chi connectivity index (χ1n) is 5.11. The number of nitrogens with zero attached hydrogens (tertiary/aromatic N) is 3. The van der Waals surface area contributed by atoms with Crippen molar-refractivity contribution in [2.45, 2.75) is 0 Å². The van der Waals surface area contributed by atoms with Gasteiger partial charge in [0.2, 0.25) is 5.95 Å². The van der Waals surface area contributed by atoms with E-state index in [1.165, 1.54) is 0 Å². The third-order valence-electron chi connectivity index (χ3n) is 2.20. The van der Waals surface area contributed by atoms with Gasteiger partial charge in [0.15, 0.2) is 0 Å². The molecule has 88 valence electrons. The van der Waals surface area contributed by atoms with E-state index in [1.54, 1.807) is 0 Å². The summed E-state index contributed by atoms with van der Waals surface area (Å²) in [4.78, 5) is 15.6. The van der Waals surface area contributed by atoms with Gasteiger partial charge in [-0.15, -0.1) is 10.2 Å². The van der Waals surface area contributed by atoms with E-state index in [2.05, 4.69) is 20.5 Å². The topological polar surface area (TPSA) is 73.9 Å². The van der Waals surface area contributed by atoms with Crippen molar-refractivity contribution in [2.24, 2.45) is 0 Å². The largest absolute Gasteiger partial charge is 0.378 e. The van der Waals surface area contributed by atoms with Crippen molar-refractivity contribution < 1.29 is 0 Å². The summed E-state index contributed by atoms with van der Waals surface area (Å²) >= 11 is 0. The van der Waals surface area contributed by atoms with E-state index in [4.69, 9.17) is 0 Å². The lowest BCUT2D eigenvalue weighted by molar-refractivity contribution is 0.953. The molecule has 2 aromatic rings. The maximum atomic E-state index is 11.0. The predicted octanol–water partition coefficient (Wildman–Crippen LogP) is 0.974. The van der Waals surface area contributed by atoms with E-state index in [0.717, 1.165) is 17.6 Å². The van der Waals surface area contributed by atoms with Crippen LogP contribution in [0.3, 0.4) is 0 Å². The zero-order chi connectivity index (χ0) is 12.3. The molecule has 0 bridgehead atoms. The summed E-state index contributed by atoms with van der Waals surface area (Å²) in [5, 5.41) is 10.3. The van der Waals surface area contributed by atoms with Crippen LogP contribution in [0.5, 0.6) is 0 Å². The molecule has 0 unspecified atom stereocenters. The Hall–Kier alpha value is -2.37. The van der Waals surface area contributed by atoms with Crippen LogP contribution in [0.2, 0.25) is 0 Å². The Bertz CT molecular complexity index is 564. The fraction of sp³-hybridized carbons (Fsp3) is 0.182. The molecule has 0 amide bonds. The molecule has 0 saturated carbocycles. The number of H-pyrrole nitrogens is 1. The average Bonchev–Trinajstić information content (AvgIpc) is 2.29. The van der Waals surface area contributed by atoms with E-state index >= 15 is 0 Å². The Morgan fingerprint density at radius 3 is 2.88 bits per heavy atom. The number of aromatic nitrogens is 3. The second-order valence-corrected chi connectivity index (χ2v) is 3.75. The second kappa shape index (κ2) is 4.65. The van der Waals surface area contributed by atoms with Crippen LogP contribution in [-0.4, -0.2) is 29.3 Å². The molecule has 2 N–H and O–H groups in total. The molecular formula is C11H13N5O. The number of hydrogen-bond acceptors (Lipinski definition) is 5. The number of hydrogen-bond donors (Lipinski definition) is 2. The van der Waals surface area contributed by atoms with Crippen LogP contribution >= 0.6 is 0 Å². The van der Waals surface area contributed by atoms with E-state index in [9.17, 15) is 4.79 Å². The number of anilines is 3. The summed E-state index contributed by atoms with van der Waals surface area (Å²) in [7, 11) is 3.92. The lowest BCUT2D eigenvalue weighted by Gasteiger charge is -2.13. The molecule has 1 aromatic carbocycles. The van der Waals surface area contributed by atoms with E-state index in [-0.39, 0.29) is 5.56 Å². The molecule has 6 nitrogen and oxygen atoms in total. The number of aromatic amines is 1. The third-order valence-corrected chi connectivity index (χ3v) is 2.20. The maximum Gasteiger partial charge on any atom is 0.271 e. The molecule has 0 aliphatic rings. The second-order valence-electron chi connectivity index (χ2n) is 3.75. The predicted molar refractivity (Wildman–Crippen MR) is 66.7 cm³/mol. The van der Waals surface area contributed by atoms with Crippen molar-refractivity contribution in [3.63, 3.8) is 0 Å². The fourth-order valence-electron chi connectivity index (χ4n) is 1.37. The molecule has 17 heavy (non-hydrogen) atoms. The van der Waals surface area contributed by atoms with Crippen LogP contribution in [0.25, 0.3) is 0 Å². The minimum absolute atomic E-state index is 0.286. The normalized spacial score (nSPS) is 10.0. The SMILES string of the molecule is CN(C)c1cccc(Nc2nncc(=O)[nH]2)c1. The Balaban J connectivity index is 2.24. The first kappa shape index (κ1) is 11.1. The highest BCUT2D eigenvalue weighted by molar-refractivity contribution is 5.61. The van der Waals surface area contributed by atoms with Gasteiger partial charge in [-0.1, -0.05) is 6.07 Å². The zero-order valence-corrected chi connectivity index (χ0v) is 9.64. The summed E-state index contributed by atoms with van der Waals surface area (Å²) in [5.41, 5.74) is 1.61. The Morgan fingerprint density at radius 1 is 1.35 bits per heavy atom. The molecular weight excluding hydrogens is 218 g/mol. The van der Waals surface area contributed by atoms with Gasteiger partial charge in [-0.3, -0.25) is 9.78 Å². The van der Waals surface area contributed by atoms with Gasteiger partial charge >= 0.3 is 0 Å². The van der Waals surface area contributed by atoms with Crippen LogP contribution in [0.1, 0.15) is 0 Å². The molecule has 0 saturated heterocycles. The molecule has 0 spiro atoms. The van der Waals surface area contributed by atoms with Crippen molar-refractivity contribution in [1.82, 2.24) is 15.2 Å². The molecule has 2 rings (SSSR count). The van der Waals surface area contributed by atoms with Crippen molar-refractivity contribution in [1.29, 1.82) is 0 Å². The molecule has 1 aromatic heterocycles. The highest BCUT2D eigenvalue weighted by Crippen LogP contribution is 2.18. The molecule has 0 radical (unpaired) electrons. The number of benzene rings is 1. The van der Waals surface area contributed by atoms with Crippen LogP contribution in [-0.2, 0) is 0 Å². The summed E-state index contributed by atoms with van der Waals surface area (Å²) < 4.78 is 0. The van der Waals surface area contributed by atoms with E-state index in [0.29, 0.717) is 5.95 Å². The van der Waals surface area contributed by atoms with Crippen LogP contribution in [0, 0.1) is 0 Å². The van der Waals surface area contributed by atoms with Gasteiger partial charge in [0, 0.05) is 25.5 Å². The first-order chi connectivity index (χ1) is 8.15. The summed E-state index contributed by atoms with van der Waals surface area (Å²) in [6.07, 6.45) is 1.13. The van der Waals surface area contributed by atoms with Crippen molar-refractivity contribution in [2.75, 3.05) is 24.3 Å². The lowest BCUT2D eigenvalue weighted by atomic mass is 10.2. The zero-order valence-electron chi connectivity index (χ0n) is 9.64. The van der Waals surface area contributed by atoms with Crippen molar-refractivity contribution >= 4 is 17.3 Å². The fourth-order valence-corrected chi connectivity index (χ4v) is 1.37. The van der Waals surface area contributed by atoms with Gasteiger partial charge < -0.3 is 10.2 Å². The monoisotopic (exact) mass is 231 g/mol. The third kappa shape index (κ3) is 2.81. The van der Waals surface area contributed by atoms with Gasteiger partial charge in [-0.2, -0.15) is 0 Å². The standard InChI is InChI=1S/C11H13N5O/c1-16(2)9-5-3-4-8(6-9)13-11-14-10(17)7-12-15-11/h3-7H,1-2H3,(H2,13,14,15,17). The number of nitrogens with one attached hydrogen (secondary N) is 2. The van der Waals surface area contributed by atoms with Gasteiger partial charge in [0.05, 0.1) is 0 Å². The highest BCUT2D eigenvalue weighted by atomic mass is 16.1.